The molecule has 1 N–H and O–H groups in total. The molecule has 2 amide bonds. The van der Waals surface area contributed by atoms with Crippen molar-refractivity contribution in [1.29, 1.82) is 0 Å². The van der Waals surface area contributed by atoms with Crippen molar-refractivity contribution in [3.63, 3.8) is 0 Å². The summed E-state index contributed by atoms with van der Waals surface area (Å²) in [7, 11) is 0. The highest BCUT2D eigenvalue weighted by Gasteiger charge is 2.28. The molecule has 0 bridgehead atoms. The first-order valence-corrected chi connectivity index (χ1v) is 6.45. The summed E-state index contributed by atoms with van der Waals surface area (Å²) >= 11 is 0. The van der Waals surface area contributed by atoms with E-state index >= 15 is 0 Å². The third-order valence-electron chi connectivity index (χ3n) is 3.32. The Balaban J connectivity index is 2.42. The Bertz CT molecular complexity index is 317. The molecule has 18 heavy (non-hydrogen) atoms. The van der Waals surface area contributed by atoms with Gasteiger partial charge in [0.05, 0.1) is 0 Å². The summed E-state index contributed by atoms with van der Waals surface area (Å²) in [6.07, 6.45) is 3.48. The van der Waals surface area contributed by atoms with Gasteiger partial charge in [-0.25, -0.2) is 4.79 Å². The number of aliphatic carboxylic acids is 1. The van der Waals surface area contributed by atoms with Crippen molar-refractivity contribution in [3.8, 4) is 0 Å². The van der Waals surface area contributed by atoms with Crippen molar-refractivity contribution in [1.82, 2.24) is 9.80 Å². The molecule has 0 aromatic heterocycles. The highest BCUT2D eigenvalue weighted by Crippen LogP contribution is 2.22. The highest BCUT2D eigenvalue weighted by atomic mass is 16.4. The number of urea groups is 1. The molecule has 5 heteroatoms. The van der Waals surface area contributed by atoms with Gasteiger partial charge in [-0.1, -0.05) is 6.08 Å². The van der Waals surface area contributed by atoms with Crippen LogP contribution in [-0.4, -0.2) is 53.1 Å². The lowest BCUT2D eigenvalue weighted by atomic mass is 10.0. The summed E-state index contributed by atoms with van der Waals surface area (Å²) in [5.41, 5.74) is 0. The third kappa shape index (κ3) is 4.05. The molecule has 1 atom stereocenters. The Morgan fingerprint density at radius 2 is 2.28 bits per heavy atom. The quantitative estimate of drug-likeness (QED) is 0.735. The maximum Gasteiger partial charge on any atom is 0.320 e. The molecule has 0 spiro atoms. The van der Waals surface area contributed by atoms with E-state index in [1.807, 2.05) is 11.8 Å². The van der Waals surface area contributed by atoms with Crippen molar-refractivity contribution in [2.75, 3.05) is 26.2 Å². The van der Waals surface area contributed by atoms with Crippen LogP contribution >= 0.6 is 0 Å². The molecule has 102 valence electrons. The standard InChI is InChI=1S/C13H22N2O3/c1-3-8-14(4-2)13(18)15-9-7-11(10-15)5-6-12(16)17/h3,11H,1,4-10H2,2H3,(H,16,17). The van der Waals surface area contributed by atoms with Crippen molar-refractivity contribution >= 4 is 12.0 Å². The average Bonchev–Trinajstić information content (AvgIpc) is 2.81. The molecule has 0 aliphatic carbocycles. The molecule has 1 aliphatic heterocycles. The van der Waals surface area contributed by atoms with Crippen LogP contribution in [-0.2, 0) is 4.79 Å². The topological polar surface area (TPSA) is 60.9 Å². The van der Waals surface area contributed by atoms with Gasteiger partial charge in [-0.15, -0.1) is 6.58 Å². The molecule has 0 aromatic rings. The van der Waals surface area contributed by atoms with Gasteiger partial charge in [-0.3, -0.25) is 4.79 Å². The summed E-state index contributed by atoms with van der Waals surface area (Å²) in [6, 6.07) is 0.0372. The number of carbonyl (C=O) groups excluding carboxylic acids is 1. The largest absolute Gasteiger partial charge is 0.481 e. The first-order valence-electron chi connectivity index (χ1n) is 6.45. The molecule has 1 aliphatic rings. The molecular weight excluding hydrogens is 232 g/mol. The first kappa shape index (κ1) is 14.5. The van der Waals surface area contributed by atoms with Gasteiger partial charge in [-0.05, 0) is 25.7 Å². The van der Waals surface area contributed by atoms with Crippen molar-refractivity contribution in [2.24, 2.45) is 5.92 Å². The van der Waals surface area contributed by atoms with Gasteiger partial charge in [0.25, 0.3) is 0 Å². The van der Waals surface area contributed by atoms with Gasteiger partial charge in [0, 0.05) is 32.6 Å². The van der Waals surface area contributed by atoms with E-state index in [1.165, 1.54) is 0 Å². The number of hydrogen-bond donors (Lipinski definition) is 1. The lowest BCUT2D eigenvalue weighted by Crippen LogP contribution is -2.42. The molecule has 0 saturated carbocycles. The third-order valence-corrected chi connectivity index (χ3v) is 3.32. The van der Waals surface area contributed by atoms with E-state index in [0.29, 0.717) is 32.0 Å². The van der Waals surface area contributed by atoms with Gasteiger partial charge in [0.1, 0.15) is 0 Å². The second kappa shape index (κ2) is 7.03. The molecule has 1 unspecified atom stereocenters. The van der Waals surface area contributed by atoms with E-state index in [0.717, 1.165) is 13.0 Å². The van der Waals surface area contributed by atoms with Crippen molar-refractivity contribution < 1.29 is 14.7 Å². The Morgan fingerprint density at radius 3 is 2.83 bits per heavy atom. The van der Waals surface area contributed by atoms with Gasteiger partial charge in [0.15, 0.2) is 0 Å². The molecule has 1 rings (SSSR count). The minimum atomic E-state index is -0.762. The fourth-order valence-electron chi connectivity index (χ4n) is 2.27. The minimum absolute atomic E-state index is 0.0372. The number of rotatable bonds is 6. The van der Waals surface area contributed by atoms with Crippen LogP contribution in [0.4, 0.5) is 4.79 Å². The molecule has 0 aromatic carbocycles. The van der Waals surface area contributed by atoms with Crippen LogP contribution in [0.25, 0.3) is 0 Å². The maximum absolute atomic E-state index is 12.1. The average molecular weight is 254 g/mol. The number of carbonyl (C=O) groups is 2. The summed E-state index contributed by atoms with van der Waals surface area (Å²) in [5.74, 6) is -0.436. The van der Waals surface area contributed by atoms with Gasteiger partial charge in [0.2, 0.25) is 0 Å². The molecule has 1 saturated heterocycles. The van der Waals surface area contributed by atoms with E-state index in [9.17, 15) is 9.59 Å². The van der Waals surface area contributed by atoms with Crippen molar-refractivity contribution in [2.45, 2.75) is 26.2 Å². The van der Waals surface area contributed by atoms with Gasteiger partial charge in [-0.2, -0.15) is 0 Å². The van der Waals surface area contributed by atoms with Crippen LogP contribution in [0.1, 0.15) is 26.2 Å². The molecule has 1 fully saturated rings. The van der Waals surface area contributed by atoms with Crippen LogP contribution < -0.4 is 0 Å². The molecule has 0 radical (unpaired) electrons. The van der Waals surface area contributed by atoms with E-state index in [-0.39, 0.29) is 12.5 Å². The van der Waals surface area contributed by atoms with E-state index < -0.39 is 5.97 Å². The lowest BCUT2D eigenvalue weighted by molar-refractivity contribution is -0.137. The molecular formula is C13H22N2O3. The van der Waals surface area contributed by atoms with E-state index in [2.05, 4.69) is 6.58 Å². The van der Waals surface area contributed by atoms with Gasteiger partial charge >= 0.3 is 12.0 Å². The van der Waals surface area contributed by atoms with E-state index in [1.54, 1.807) is 11.0 Å². The Kier molecular flexibility index (Phi) is 5.68. The molecule has 1 heterocycles. The number of carboxylic acids is 1. The summed E-state index contributed by atoms with van der Waals surface area (Å²) in [5, 5.41) is 8.65. The van der Waals surface area contributed by atoms with Gasteiger partial charge < -0.3 is 14.9 Å². The zero-order chi connectivity index (χ0) is 13.5. The van der Waals surface area contributed by atoms with Crippen LogP contribution in [0, 0.1) is 5.92 Å². The van der Waals surface area contributed by atoms with E-state index in [4.69, 9.17) is 5.11 Å². The van der Waals surface area contributed by atoms with Crippen LogP contribution in [0.15, 0.2) is 12.7 Å². The zero-order valence-corrected chi connectivity index (χ0v) is 11.0. The Labute approximate surface area is 108 Å². The molecule has 5 nitrogen and oxygen atoms in total. The van der Waals surface area contributed by atoms with Crippen LogP contribution in [0.3, 0.4) is 0 Å². The predicted molar refractivity (Wildman–Crippen MR) is 69.4 cm³/mol. The predicted octanol–water partition coefficient (Wildman–Crippen LogP) is 1.80. The minimum Gasteiger partial charge on any atom is -0.481 e. The second-order valence-corrected chi connectivity index (χ2v) is 4.64. The number of carboxylic acid groups (broad SMARTS) is 1. The highest BCUT2D eigenvalue weighted by molar-refractivity contribution is 5.75. The maximum atomic E-state index is 12.1. The number of likely N-dealkylation sites (tertiary alicyclic amines) is 1. The van der Waals surface area contributed by atoms with Crippen molar-refractivity contribution in [3.05, 3.63) is 12.7 Å². The fraction of sp³-hybridized carbons (Fsp3) is 0.692. The SMILES string of the molecule is C=CCN(CC)C(=O)N1CCC(CCC(=O)O)C1. The Morgan fingerprint density at radius 1 is 1.56 bits per heavy atom. The second-order valence-electron chi connectivity index (χ2n) is 4.64. The number of likely N-dealkylation sites (N-methyl/N-ethyl adjacent to an activating group) is 1. The fourth-order valence-corrected chi connectivity index (χ4v) is 2.27. The summed E-state index contributed by atoms with van der Waals surface area (Å²) in [4.78, 5) is 26.2. The summed E-state index contributed by atoms with van der Waals surface area (Å²) in [6.45, 7) is 8.23. The number of nitrogens with zero attached hydrogens (tertiary/aromatic N) is 2. The smallest absolute Gasteiger partial charge is 0.320 e. The monoisotopic (exact) mass is 254 g/mol. The first-order chi connectivity index (χ1) is 8.58. The van der Waals surface area contributed by atoms with Crippen LogP contribution in [0.5, 0.6) is 0 Å². The van der Waals surface area contributed by atoms with Crippen LogP contribution in [0.2, 0.25) is 0 Å². The Hall–Kier alpha value is -1.52. The summed E-state index contributed by atoms with van der Waals surface area (Å²) < 4.78 is 0. The number of amides is 2. The normalized spacial score (nSPS) is 18.7. The number of hydrogen-bond acceptors (Lipinski definition) is 2. The lowest BCUT2D eigenvalue weighted by Gasteiger charge is -2.26. The zero-order valence-electron chi connectivity index (χ0n) is 11.0.